The van der Waals surface area contributed by atoms with Gasteiger partial charge in [0.15, 0.2) is 5.03 Å². The Morgan fingerprint density at radius 2 is 2.05 bits per heavy atom. The van der Waals surface area contributed by atoms with Crippen LogP contribution in [0.15, 0.2) is 23.4 Å². The summed E-state index contributed by atoms with van der Waals surface area (Å²) in [6.45, 7) is 1.000. The topological polar surface area (TPSA) is 94.3 Å². The third-order valence-electron chi connectivity index (χ3n) is 3.61. The van der Waals surface area contributed by atoms with Crippen molar-refractivity contribution >= 4 is 10.0 Å². The van der Waals surface area contributed by atoms with Crippen LogP contribution in [0.3, 0.4) is 0 Å². The van der Waals surface area contributed by atoms with Crippen LogP contribution in [0.4, 0.5) is 0 Å². The average Bonchev–Trinajstić information content (AvgIpc) is 2.53. The standard InChI is InChI=1S/C14H23N3O3S/c15-10-12-6-7-14(16-11-12)21(18,19)17-8-9-20-13-4-2-1-3-5-13/h6-7,11,13,17H,1-5,8-10,15H2. The maximum Gasteiger partial charge on any atom is 0.258 e. The molecule has 1 aromatic rings. The predicted molar refractivity (Wildman–Crippen MR) is 80.1 cm³/mol. The fraction of sp³-hybridized carbons (Fsp3) is 0.643. The molecule has 0 atom stereocenters. The van der Waals surface area contributed by atoms with E-state index in [0.717, 1.165) is 18.4 Å². The number of rotatable bonds is 7. The molecule has 0 radical (unpaired) electrons. The molecule has 7 heteroatoms. The van der Waals surface area contributed by atoms with E-state index in [0.29, 0.717) is 13.2 Å². The Morgan fingerprint density at radius 1 is 1.29 bits per heavy atom. The minimum Gasteiger partial charge on any atom is -0.377 e. The number of pyridine rings is 1. The smallest absolute Gasteiger partial charge is 0.258 e. The zero-order chi connectivity index (χ0) is 15.1. The number of aromatic nitrogens is 1. The van der Waals surface area contributed by atoms with Crippen LogP contribution >= 0.6 is 0 Å². The molecule has 0 aromatic carbocycles. The number of nitrogens with two attached hydrogens (primary N) is 1. The summed E-state index contributed by atoms with van der Waals surface area (Å²) in [5, 5.41) is 0.0115. The lowest BCUT2D eigenvalue weighted by Crippen LogP contribution is -2.30. The van der Waals surface area contributed by atoms with Gasteiger partial charge in [-0.15, -0.1) is 0 Å². The van der Waals surface area contributed by atoms with Crippen molar-refractivity contribution in [1.29, 1.82) is 0 Å². The minimum atomic E-state index is -3.57. The van der Waals surface area contributed by atoms with Gasteiger partial charge in [0, 0.05) is 19.3 Å². The maximum atomic E-state index is 12.0. The van der Waals surface area contributed by atoms with Crippen LogP contribution in [0.5, 0.6) is 0 Å². The highest BCUT2D eigenvalue weighted by Crippen LogP contribution is 2.19. The van der Waals surface area contributed by atoms with Gasteiger partial charge in [0.05, 0.1) is 12.7 Å². The molecule has 118 valence electrons. The molecule has 1 heterocycles. The molecule has 1 aromatic heterocycles. The number of sulfonamides is 1. The summed E-state index contributed by atoms with van der Waals surface area (Å²) in [6.07, 6.45) is 7.60. The van der Waals surface area contributed by atoms with Crippen LogP contribution in [-0.2, 0) is 21.3 Å². The zero-order valence-corrected chi connectivity index (χ0v) is 12.9. The molecular formula is C14H23N3O3S. The normalized spacial score (nSPS) is 17.0. The molecule has 1 aliphatic carbocycles. The molecule has 0 aliphatic heterocycles. The summed E-state index contributed by atoms with van der Waals surface area (Å²) >= 11 is 0. The van der Waals surface area contributed by atoms with Gasteiger partial charge >= 0.3 is 0 Å². The molecule has 3 N–H and O–H groups in total. The highest BCUT2D eigenvalue weighted by molar-refractivity contribution is 7.89. The molecule has 1 saturated carbocycles. The van der Waals surface area contributed by atoms with Crippen LogP contribution < -0.4 is 10.5 Å². The second kappa shape index (κ2) is 7.84. The Labute approximate surface area is 126 Å². The van der Waals surface area contributed by atoms with Crippen molar-refractivity contribution < 1.29 is 13.2 Å². The number of hydrogen-bond donors (Lipinski definition) is 2. The summed E-state index contributed by atoms with van der Waals surface area (Å²) < 4.78 is 32.2. The minimum absolute atomic E-state index is 0.0115. The summed E-state index contributed by atoms with van der Waals surface area (Å²) in [4.78, 5) is 3.92. The number of nitrogens with one attached hydrogen (secondary N) is 1. The van der Waals surface area contributed by atoms with E-state index in [2.05, 4.69) is 9.71 Å². The lowest BCUT2D eigenvalue weighted by Gasteiger charge is -2.21. The Kier molecular flexibility index (Phi) is 6.10. The molecule has 0 saturated heterocycles. The summed E-state index contributed by atoms with van der Waals surface area (Å²) in [7, 11) is -3.57. The van der Waals surface area contributed by atoms with Gasteiger partial charge in [0.25, 0.3) is 10.0 Å². The third kappa shape index (κ3) is 5.03. The second-order valence-corrected chi connectivity index (χ2v) is 6.95. The number of ether oxygens (including phenoxy) is 1. The average molecular weight is 313 g/mol. The van der Waals surface area contributed by atoms with Gasteiger partial charge < -0.3 is 10.5 Å². The Balaban J connectivity index is 1.77. The van der Waals surface area contributed by atoms with Gasteiger partial charge in [-0.05, 0) is 24.5 Å². The Morgan fingerprint density at radius 3 is 2.67 bits per heavy atom. The fourth-order valence-electron chi connectivity index (χ4n) is 2.40. The summed E-state index contributed by atoms with van der Waals surface area (Å²) in [5.74, 6) is 0. The molecule has 0 bridgehead atoms. The molecule has 6 nitrogen and oxygen atoms in total. The zero-order valence-electron chi connectivity index (χ0n) is 12.1. The van der Waals surface area contributed by atoms with Crippen molar-refractivity contribution in [3.63, 3.8) is 0 Å². The Bertz CT molecular complexity index is 525. The van der Waals surface area contributed by atoms with Crippen LogP contribution in [0, 0.1) is 0 Å². The van der Waals surface area contributed by atoms with Gasteiger partial charge in [0.1, 0.15) is 0 Å². The van der Waals surface area contributed by atoms with Crippen molar-refractivity contribution in [3.8, 4) is 0 Å². The lowest BCUT2D eigenvalue weighted by molar-refractivity contribution is 0.0321. The van der Waals surface area contributed by atoms with Crippen LogP contribution in [-0.4, -0.2) is 32.7 Å². The summed E-state index contributed by atoms with van der Waals surface area (Å²) in [6, 6.07) is 3.13. The first-order valence-electron chi connectivity index (χ1n) is 7.38. The third-order valence-corrected chi connectivity index (χ3v) is 4.98. The molecule has 2 rings (SSSR count). The molecule has 21 heavy (non-hydrogen) atoms. The Hall–Kier alpha value is -1.02. The van der Waals surface area contributed by atoms with E-state index < -0.39 is 10.0 Å². The van der Waals surface area contributed by atoms with E-state index in [1.807, 2.05) is 0 Å². The maximum absolute atomic E-state index is 12.0. The van der Waals surface area contributed by atoms with Crippen LogP contribution in [0.25, 0.3) is 0 Å². The van der Waals surface area contributed by atoms with Crippen molar-refractivity contribution in [2.75, 3.05) is 13.2 Å². The first-order valence-corrected chi connectivity index (χ1v) is 8.86. The van der Waals surface area contributed by atoms with Crippen molar-refractivity contribution in [1.82, 2.24) is 9.71 Å². The van der Waals surface area contributed by atoms with Crippen molar-refractivity contribution in [3.05, 3.63) is 23.9 Å². The quantitative estimate of drug-likeness (QED) is 0.737. The number of nitrogens with zero attached hydrogens (tertiary/aromatic N) is 1. The summed E-state index contributed by atoms with van der Waals surface area (Å²) in [5.41, 5.74) is 6.26. The van der Waals surface area contributed by atoms with E-state index in [1.165, 1.54) is 31.5 Å². The van der Waals surface area contributed by atoms with E-state index in [-0.39, 0.29) is 17.7 Å². The van der Waals surface area contributed by atoms with E-state index in [9.17, 15) is 8.42 Å². The fourth-order valence-corrected chi connectivity index (χ4v) is 3.34. The monoisotopic (exact) mass is 313 g/mol. The molecule has 0 unspecified atom stereocenters. The van der Waals surface area contributed by atoms with Gasteiger partial charge in [-0.25, -0.2) is 18.1 Å². The van der Waals surface area contributed by atoms with Gasteiger partial charge in [0.2, 0.25) is 0 Å². The highest BCUT2D eigenvalue weighted by atomic mass is 32.2. The largest absolute Gasteiger partial charge is 0.377 e. The van der Waals surface area contributed by atoms with Gasteiger partial charge in [-0.3, -0.25) is 0 Å². The van der Waals surface area contributed by atoms with Crippen LogP contribution in [0.1, 0.15) is 37.7 Å². The highest BCUT2D eigenvalue weighted by Gasteiger charge is 2.16. The van der Waals surface area contributed by atoms with E-state index in [1.54, 1.807) is 6.07 Å². The molecule has 0 spiro atoms. The molecule has 0 amide bonds. The molecule has 1 aliphatic rings. The SMILES string of the molecule is NCc1ccc(S(=O)(=O)NCCOC2CCCCC2)nc1. The predicted octanol–water partition coefficient (Wildman–Crippen LogP) is 1.17. The van der Waals surface area contributed by atoms with E-state index >= 15 is 0 Å². The lowest BCUT2D eigenvalue weighted by atomic mass is 9.98. The molecule has 1 fully saturated rings. The first-order chi connectivity index (χ1) is 10.1. The van der Waals surface area contributed by atoms with Crippen LogP contribution in [0.2, 0.25) is 0 Å². The van der Waals surface area contributed by atoms with Gasteiger partial charge in [-0.2, -0.15) is 0 Å². The second-order valence-electron chi connectivity index (χ2n) is 5.24. The van der Waals surface area contributed by atoms with Crippen molar-refractivity contribution in [2.45, 2.75) is 49.8 Å². The van der Waals surface area contributed by atoms with E-state index in [4.69, 9.17) is 10.5 Å². The van der Waals surface area contributed by atoms with Gasteiger partial charge in [-0.1, -0.05) is 25.3 Å². The van der Waals surface area contributed by atoms with Crippen molar-refractivity contribution in [2.24, 2.45) is 5.73 Å². The molecular weight excluding hydrogens is 290 g/mol. The number of hydrogen-bond acceptors (Lipinski definition) is 5. The first kappa shape index (κ1) is 16.4.